The normalized spacial score (nSPS) is 13.6. The highest BCUT2D eigenvalue weighted by Gasteiger charge is 2.18. The summed E-state index contributed by atoms with van der Waals surface area (Å²) in [6, 6.07) is 18.1. The number of likely N-dealkylation sites (tertiary alicyclic amines) is 1. The quantitative estimate of drug-likeness (QED) is 0.642. The fraction of sp³-hybridized carbons (Fsp3) is 0.304. The maximum Gasteiger partial charge on any atom is 0.260 e. The summed E-state index contributed by atoms with van der Waals surface area (Å²) in [5.41, 5.74) is 3.29. The SMILES string of the molecule is O=C(COc1ccccc1CNCc1ccc(-n2cccn2)cc1)N1CCCC1. The first-order valence-electron chi connectivity index (χ1n) is 10.1. The number of amides is 1. The number of hydrogen-bond acceptors (Lipinski definition) is 4. The largest absolute Gasteiger partial charge is 0.483 e. The van der Waals surface area contributed by atoms with E-state index in [-0.39, 0.29) is 12.5 Å². The lowest BCUT2D eigenvalue weighted by Gasteiger charge is -2.17. The van der Waals surface area contributed by atoms with Crippen LogP contribution in [0.25, 0.3) is 5.69 Å². The zero-order chi connectivity index (χ0) is 19.9. The van der Waals surface area contributed by atoms with E-state index < -0.39 is 0 Å². The number of rotatable bonds is 8. The van der Waals surface area contributed by atoms with Crippen LogP contribution in [0.4, 0.5) is 0 Å². The third-order valence-corrected chi connectivity index (χ3v) is 5.13. The van der Waals surface area contributed by atoms with Crippen LogP contribution in [-0.4, -0.2) is 40.3 Å². The molecule has 1 saturated heterocycles. The van der Waals surface area contributed by atoms with E-state index in [9.17, 15) is 4.79 Å². The van der Waals surface area contributed by atoms with Crippen molar-refractivity contribution in [2.24, 2.45) is 0 Å². The molecule has 3 aromatic rings. The average Bonchev–Trinajstić information content (AvgIpc) is 3.48. The first-order chi connectivity index (χ1) is 14.3. The van der Waals surface area contributed by atoms with Crippen molar-refractivity contribution >= 4 is 5.91 Å². The van der Waals surface area contributed by atoms with E-state index in [0.29, 0.717) is 6.54 Å². The van der Waals surface area contributed by atoms with Gasteiger partial charge in [-0.15, -0.1) is 0 Å². The molecule has 1 fully saturated rings. The average molecular weight is 390 g/mol. The van der Waals surface area contributed by atoms with Crippen molar-refractivity contribution in [3.05, 3.63) is 78.1 Å². The molecule has 0 bridgehead atoms. The molecule has 1 aliphatic heterocycles. The molecule has 0 aliphatic carbocycles. The van der Waals surface area contributed by atoms with Crippen LogP contribution < -0.4 is 10.1 Å². The number of ether oxygens (including phenoxy) is 1. The number of carbonyl (C=O) groups excluding carboxylic acids is 1. The van der Waals surface area contributed by atoms with E-state index in [4.69, 9.17) is 4.74 Å². The number of para-hydroxylation sites is 1. The smallest absolute Gasteiger partial charge is 0.260 e. The van der Waals surface area contributed by atoms with Crippen LogP contribution in [0.5, 0.6) is 5.75 Å². The monoisotopic (exact) mass is 390 g/mol. The predicted molar refractivity (Wildman–Crippen MR) is 112 cm³/mol. The van der Waals surface area contributed by atoms with Gasteiger partial charge in [0.15, 0.2) is 6.61 Å². The highest BCUT2D eigenvalue weighted by atomic mass is 16.5. The molecule has 0 unspecified atom stereocenters. The van der Waals surface area contributed by atoms with Crippen LogP contribution in [0.3, 0.4) is 0 Å². The van der Waals surface area contributed by atoms with Crippen LogP contribution in [0.15, 0.2) is 67.0 Å². The summed E-state index contributed by atoms with van der Waals surface area (Å²) in [5, 5.41) is 7.70. The van der Waals surface area contributed by atoms with Gasteiger partial charge in [-0.1, -0.05) is 30.3 Å². The second kappa shape index (κ2) is 9.39. The molecule has 0 spiro atoms. The Hall–Kier alpha value is -3.12. The zero-order valence-corrected chi connectivity index (χ0v) is 16.5. The van der Waals surface area contributed by atoms with Crippen molar-refractivity contribution in [2.75, 3.05) is 19.7 Å². The van der Waals surface area contributed by atoms with E-state index in [0.717, 1.165) is 49.5 Å². The Morgan fingerprint density at radius 3 is 2.55 bits per heavy atom. The van der Waals surface area contributed by atoms with E-state index in [2.05, 4.69) is 34.7 Å². The van der Waals surface area contributed by atoms with Gasteiger partial charge in [0, 0.05) is 44.1 Å². The molecule has 1 aromatic heterocycles. The van der Waals surface area contributed by atoms with Gasteiger partial charge in [0.05, 0.1) is 5.69 Å². The van der Waals surface area contributed by atoms with Gasteiger partial charge in [-0.05, 0) is 42.7 Å². The topological polar surface area (TPSA) is 59.4 Å². The van der Waals surface area contributed by atoms with Crippen LogP contribution in [0, 0.1) is 0 Å². The number of nitrogens with zero attached hydrogens (tertiary/aromatic N) is 3. The molecular weight excluding hydrogens is 364 g/mol. The lowest BCUT2D eigenvalue weighted by Crippen LogP contribution is -2.32. The molecule has 0 radical (unpaired) electrons. The molecule has 6 heteroatoms. The number of benzene rings is 2. The number of carbonyl (C=O) groups is 1. The minimum Gasteiger partial charge on any atom is -0.483 e. The molecule has 6 nitrogen and oxygen atoms in total. The van der Waals surface area contributed by atoms with Gasteiger partial charge in [0.2, 0.25) is 0 Å². The number of nitrogens with one attached hydrogen (secondary N) is 1. The second-order valence-electron chi connectivity index (χ2n) is 7.20. The molecular formula is C23H26N4O2. The Morgan fingerprint density at radius 2 is 1.79 bits per heavy atom. The van der Waals surface area contributed by atoms with Crippen molar-refractivity contribution in [3.8, 4) is 11.4 Å². The third-order valence-electron chi connectivity index (χ3n) is 5.13. The van der Waals surface area contributed by atoms with Crippen LogP contribution in [0.2, 0.25) is 0 Å². The van der Waals surface area contributed by atoms with Gasteiger partial charge in [0.25, 0.3) is 5.91 Å². The van der Waals surface area contributed by atoms with Crippen molar-refractivity contribution in [1.82, 2.24) is 20.0 Å². The van der Waals surface area contributed by atoms with Crippen LogP contribution >= 0.6 is 0 Å². The highest BCUT2D eigenvalue weighted by molar-refractivity contribution is 5.78. The summed E-state index contributed by atoms with van der Waals surface area (Å²) in [6.07, 6.45) is 5.89. The van der Waals surface area contributed by atoms with Crippen molar-refractivity contribution in [2.45, 2.75) is 25.9 Å². The summed E-state index contributed by atoms with van der Waals surface area (Å²) < 4.78 is 7.67. The minimum absolute atomic E-state index is 0.0718. The fourth-order valence-electron chi connectivity index (χ4n) is 3.52. The Morgan fingerprint density at radius 1 is 1.00 bits per heavy atom. The molecule has 0 atom stereocenters. The Bertz CT molecular complexity index is 916. The number of aromatic nitrogens is 2. The molecule has 4 rings (SSSR count). The van der Waals surface area contributed by atoms with Crippen LogP contribution in [-0.2, 0) is 17.9 Å². The molecule has 150 valence electrons. The fourth-order valence-corrected chi connectivity index (χ4v) is 3.52. The number of hydrogen-bond donors (Lipinski definition) is 1. The van der Waals surface area contributed by atoms with E-state index >= 15 is 0 Å². The van der Waals surface area contributed by atoms with Gasteiger partial charge >= 0.3 is 0 Å². The van der Waals surface area contributed by atoms with Crippen LogP contribution in [0.1, 0.15) is 24.0 Å². The van der Waals surface area contributed by atoms with Crippen molar-refractivity contribution < 1.29 is 9.53 Å². The molecule has 0 saturated carbocycles. The maximum atomic E-state index is 12.2. The summed E-state index contributed by atoms with van der Waals surface area (Å²) >= 11 is 0. The third kappa shape index (κ3) is 5.03. The Labute approximate surface area is 171 Å². The predicted octanol–water partition coefficient (Wildman–Crippen LogP) is 3.16. The summed E-state index contributed by atoms with van der Waals surface area (Å²) in [5.74, 6) is 0.837. The van der Waals surface area contributed by atoms with Gasteiger partial charge in [-0.3, -0.25) is 4.79 Å². The lowest BCUT2D eigenvalue weighted by atomic mass is 10.1. The first-order valence-corrected chi connectivity index (χ1v) is 10.1. The zero-order valence-electron chi connectivity index (χ0n) is 16.5. The van der Waals surface area contributed by atoms with Gasteiger partial charge < -0.3 is 15.0 Å². The highest BCUT2D eigenvalue weighted by Crippen LogP contribution is 2.19. The molecule has 2 heterocycles. The van der Waals surface area contributed by atoms with Crippen molar-refractivity contribution in [1.29, 1.82) is 0 Å². The van der Waals surface area contributed by atoms with E-state index in [1.165, 1.54) is 5.56 Å². The second-order valence-corrected chi connectivity index (χ2v) is 7.20. The van der Waals surface area contributed by atoms with Gasteiger partial charge in [0.1, 0.15) is 5.75 Å². The summed E-state index contributed by atoms with van der Waals surface area (Å²) in [6.45, 7) is 3.23. The standard InChI is InChI=1S/C23H26N4O2/c28-23(26-13-3-4-14-26)18-29-22-7-2-1-6-20(22)17-24-16-19-8-10-21(11-9-19)27-15-5-12-25-27/h1-2,5-12,15,24H,3-4,13-14,16-18H2. The van der Waals surface area contributed by atoms with E-state index in [1.807, 2.05) is 46.1 Å². The van der Waals surface area contributed by atoms with E-state index in [1.54, 1.807) is 6.20 Å². The lowest BCUT2D eigenvalue weighted by molar-refractivity contribution is -0.132. The Kier molecular flexibility index (Phi) is 6.22. The maximum absolute atomic E-state index is 12.2. The Balaban J connectivity index is 1.29. The summed E-state index contributed by atoms with van der Waals surface area (Å²) in [7, 11) is 0. The molecule has 1 N–H and O–H groups in total. The van der Waals surface area contributed by atoms with Gasteiger partial charge in [-0.2, -0.15) is 5.10 Å². The van der Waals surface area contributed by atoms with Crippen molar-refractivity contribution in [3.63, 3.8) is 0 Å². The summed E-state index contributed by atoms with van der Waals surface area (Å²) in [4.78, 5) is 14.1. The minimum atomic E-state index is 0.0718. The molecule has 1 amide bonds. The van der Waals surface area contributed by atoms with Gasteiger partial charge in [-0.25, -0.2) is 4.68 Å². The molecule has 1 aliphatic rings. The first kappa shape index (κ1) is 19.2. The molecule has 29 heavy (non-hydrogen) atoms. The molecule has 2 aromatic carbocycles.